The second kappa shape index (κ2) is 6.44. The summed E-state index contributed by atoms with van der Waals surface area (Å²) in [4.78, 5) is 4.45. The van der Waals surface area contributed by atoms with Gasteiger partial charge in [0.1, 0.15) is 23.3 Å². The van der Waals surface area contributed by atoms with Gasteiger partial charge in [-0.25, -0.2) is 13.5 Å². The van der Waals surface area contributed by atoms with Crippen molar-refractivity contribution in [2.45, 2.75) is 32.4 Å². The Kier molecular flexibility index (Phi) is 4.11. The van der Waals surface area contributed by atoms with Crippen molar-refractivity contribution in [2.24, 2.45) is 4.99 Å². The Bertz CT molecular complexity index is 1010. The van der Waals surface area contributed by atoms with E-state index in [0.717, 1.165) is 11.0 Å². The van der Waals surface area contributed by atoms with Crippen LogP contribution in [-0.2, 0) is 0 Å². The summed E-state index contributed by atoms with van der Waals surface area (Å²) in [5.74, 6) is -1.06. The molecule has 2 heterocycles. The van der Waals surface area contributed by atoms with E-state index in [9.17, 15) is 8.78 Å². The lowest BCUT2D eigenvalue weighted by Crippen LogP contribution is -2.12. The molecular formula is C20H18F2N4. The van der Waals surface area contributed by atoms with Crippen molar-refractivity contribution >= 4 is 22.8 Å². The molecule has 0 saturated carbocycles. The summed E-state index contributed by atoms with van der Waals surface area (Å²) >= 11 is 0. The highest BCUT2D eigenvalue weighted by molar-refractivity contribution is 6.10. The van der Waals surface area contributed by atoms with E-state index in [2.05, 4.69) is 15.3 Å². The number of aromatic nitrogens is 3. The fraction of sp³-hybridized carbons (Fsp3) is 0.250. The first kappa shape index (κ1) is 16.6. The molecule has 6 heteroatoms. The maximum Gasteiger partial charge on any atom is 0.147 e. The predicted molar refractivity (Wildman–Crippen MR) is 98.1 cm³/mol. The van der Waals surface area contributed by atoms with Crippen LogP contribution in [-0.4, -0.2) is 21.2 Å². The number of halogens is 2. The van der Waals surface area contributed by atoms with Crippen LogP contribution in [0.4, 0.5) is 8.78 Å². The van der Waals surface area contributed by atoms with Crippen molar-refractivity contribution in [3.8, 4) is 0 Å². The number of benzene rings is 2. The Morgan fingerprint density at radius 3 is 2.50 bits per heavy atom. The van der Waals surface area contributed by atoms with Gasteiger partial charge >= 0.3 is 0 Å². The number of allylic oxidation sites excluding steroid dienone is 1. The molecule has 1 atom stereocenters. The maximum atomic E-state index is 14.5. The van der Waals surface area contributed by atoms with Crippen molar-refractivity contribution in [3.63, 3.8) is 0 Å². The summed E-state index contributed by atoms with van der Waals surface area (Å²) in [6.07, 6.45) is 3.53. The van der Waals surface area contributed by atoms with Crippen LogP contribution in [0.3, 0.4) is 0 Å². The normalized spacial score (nSPS) is 17.1. The Morgan fingerprint density at radius 2 is 1.85 bits per heavy atom. The van der Waals surface area contributed by atoms with Gasteiger partial charge < -0.3 is 0 Å². The smallest absolute Gasteiger partial charge is 0.147 e. The highest BCUT2D eigenvalue weighted by Gasteiger charge is 2.21. The number of dihydropyridines is 1. The van der Waals surface area contributed by atoms with Gasteiger partial charge in [0, 0.05) is 18.2 Å². The van der Waals surface area contributed by atoms with Crippen LogP contribution >= 0.6 is 0 Å². The molecule has 0 saturated heterocycles. The highest BCUT2D eigenvalue weighted by Crippen LogP contribution is 2.30. The Morgan fingerprint density at radius 1 is 1.12 bits per heavy atom. The molecule has 0 radical (unpaired) electrons. The summed E-state index contributed by atoms with van der Waals surface area (Å²) in [6.45, 7) is 3.81. The number of aliphatic imine (C=N–C) groups is 1. The summed E-state index contributed by atoms with van der Waals surface area (Å²) in [5.41, 5.74) is 2.74. The van der Waals surface area contributed by atoms with Gasteiger partial charge in [-0.1, -0.05) is 37.3 Å². The number of nitrogens with zero attached hydrogens (tertiary/aromatic N) is 4. The van der Waals surface area contributed by atoms with E-state index < -0.39 is 11.6 Å². The van der Waals surface area contributed by atoms with Crippen molar-refractivity contribution in [2.75, 3.05) is 0 Å². The second-order valence-corrected chi connectivity index (χ2v) is 6.69. The van der Waals surface area contributed by atoms with Crippen molar-refractivity contribution in [1.29, 1.82) is 0 Å². The number of para-hydroxylation sites is 1. The molecule has 1 aliphatic rings. The van der Waals surface area contributed by atoms with Gasteiger partial charge in [0.2, 0.25) is 0 Å². The molecule has 26 heavy (non-hydrogen) atoms. The standard InChI is InChI=1S/C20H18F2N4/c1-12(2)14-9-15(21)20(16(22)10-14)13-7-8-19(23-11-13)26-18-6-4-3-5-17(18)24-25-26/h3-7,9-12,19H,8H2,1-2H3. The van der Waals surface area contributed by atoms with Crippen LogP contribution in [0.25, 0.3) is 16.6 Å². The zero-order chi connectivity index (χ0) is 18.3. The molecule has 4 nitrogen and oxygen atoms in total. The molecule has 2 aromatic carbocycles. The van der Waals surface area contributed by atoms with Crippen LogP contribution in [0.2, 0.25) is 0 Å². The molecule has 132 valence electrons. The van der Waals surface area contributed by atoms with Crippen LogP contribution < -0.4 is 0 Å². The monoisotopic (exact) mass is 352 g/mol. The average Bonchev–Trinajstić information content (AvgIpc) is 3.06. The molecule has 1 aliphatic heterocycles. The number of rotatable bonds is 3. The van der Waals surface area contributed by atoms with E-state index in [-0.39, 0.29) is 17.6 Å². The first-order valence-electron chi connectivity index (χ1n) is 8.57. The average molecular weight is 352 g/mol. The molecule has 0 fully saturated rings. The minimum absolute atomic E-state index is 0.0277. The van der Waals surface area contributed by atoms with Gasteiger partial charge in [-0.2, -0.15) is 0 Å². The highest BCUT2D eigenvalue weighted by atomic mass is 19.1. The summed E-state index contributed by atoms with van der Waals surface area (Å²) in [7, 11) is 0. The van der Waals surface area contributed by atoms with E-state index in [1.807, 2.05) is 38.1 Å². The van der Waals surface area contributed by atoms with Crippen LogP contribution in [0.5, 0.6) is 0 Å². The SMILES string of the molecule is CC(C)c1cc(F)c(C2=CCC(n3nnc4ccccc43)N=C2)c(F)c1. The molecule has 0 aliphatic carbocycles. The summed E-state index contributed by atoms with van der Waals surface area (Å²) < 4.78 is 30.7. The van der Waals surface area contributed by atoms with Gasteiger partial charge in [-0.15, -0.1) is 5.10 Å². The Labute approximate surface area is 149 Å². The largest absolute Gasteiger partial charge is 0.265 e. The topological polar surface area (TPSA) is 43.1 Å². The van der Waals surface area contributed by atoms with Crippen LogP contribution in [0.15, 0.2) is 47.5 Å². The molecular weight excluding hydrogens is 334 g/mol. The van der Waals surface area contributed by atoms with Gasteiger partial charge in [-0.05, 0) is 35.7 Å². The first-order chi connectivity index (χ1) is 12.5. The third-order valence-electron chi connectivity index (χ3n) is 4.61. The molecule has 0 spiro atoms. The molecule has 0 N–H and O–H groups in total. The van der Waals surface area contributed by atoms with E-state index in [1.165, 1.54) is 18.3 Å². The van der Waals surface area contributed by atoms with Crippen LogP contribution in [0, 0.1) is 11.6 Å². The molecule has 4 rings (SSSR count). The van der Waals surface area contributed by atoms with Crippen molar-refractivity contribution < 1.29 is 8.78 Å². The van der Waals surface area contributed by atoms with E-state index in [1.54, 1.807) is 10.8 Å². The minimum atomic E-state index is -0.559. The van der Waals surface area contributed by atoms with E-state index in [4.69, 9.17) is 0 Å². The maximum absolute atomic E-state index is 14.5. The molecule has 1 aromatic heterocycles. The van der Waals surface area contributed by atoms with Crippen molar-refractivity contribution in [3.05, 3.63) is 65.2 Å². The lowest BCUT2D eigenvalue weighted by molar-refractivity contribution is 0.476. The zero-order valence-electron chi connectivity index (χ0n) is 14.5. The minimum Gasteiger partial charge on any atom is -0.265 e. The lowest BCUT2D eigenvalue weighted by atomic mass is 9.96. The fourth-order valence-corrected chi connectivity index (χ4v) is 3.15. The molecule has 0 amide bonds. The second-order valence-electron chi connectivity index (χ2n) is 6.69. The lowest BCUT2D eigenvalue weighted by Gasteiger charge is -2.18. The third kappa shape index (κ3) is 2.81. The molecule has 1 unspecified atom stereocenters. The molecule has 3 aromatic rings. The van der Waals surface area contributed by atoms with E-state index in [0.29, 0.717) is 17.6 Å². The van der Waals surface area contributed by atoms with Gasteiger partial charge in [0.15, 0.2) is 0 Å². The fourth-order valence-electron chi connectivity index (χ4n) is 3.15. The predicted octanol–water partition coefficient (Wildman–Crippen LogP) is 4.89. The Hall–Kier alpha value is -2.89. The van der Waals surface area contributed by atoms with E-state index >= 15 is 0 Å². The summed E-state index contributed by atoms with van der Waals surface area (Å²) in [5, 5.41) is 8.28. The van der Waals surface area contributed by atoms with Crippen molar-refractivity contribution in [1.82, 2.24) is 15.0 Å². The first-order valence-corrected chi connectivity index (χ1v) is 8.57. The quantitative estimate of drug-likeness (QED) is 0.673. The Balaban J connectivity index is 1.64. The van der Waals surface area contributed by atoms with Gasteiger partial charge in [0.05, 0.1) is 11.1 Å². The number of hydrogen-bond acceptors (Lipinski definition) is 3. The molecule has 0 bridgehead atoms. The van der Waals surface area contributed by atoms with Gasteiger partial charge in [-0.3, -0.25) is 4.99 Å². The number of fused-ring (bicyclic) bond motifs is 1. The summed E-state index contributed by atoms with van der Waals surface area (Å²) in [6, 6.07) is 10.4. The third-order valence-corrected chi connectivity index (χ3v) is 4.61. The van der Waals surface area contributed by atoms with Gasteiger partial charge in [0.25, 0.3) is 0 Å². The number of hydrogen-bond donors (Lipinski definition) is 0. The van der Waals surface area contributed by atoms with Crippen LogP contribution in [0.1, 0.15) is 43.5 Å². The zero-order valence-corrected chi connectivity index (χ0v) is 14.5.